The van der Waals surface area contributed by atoms with Crippen molar-refractivity contribution in [1.29, 1.82) is 0 Å². The predicted molar refractivity (Wildman–Crippen MR) is 81.1 cm³/mol. The molecular weight excluding hydrogens is 371 g/mol. The first-order valence-electron chi connectivity index (χ1n) is 6.82. The lowest BCUT2D eigenvalue weighted by Gasteiger charge is -2.23. The summed E-state index contributed by atoms with van der Waals surface area (Å²) in [5.41, 5.74) is 0.00586. The molecule has 1 aromatic heterocycles. The molecule has 134 valence electrons. The van der Waals surface area contributed by atoms with Gasteiger partial charge in [0.1, 0.15) is 5.25 Å². The molecule has 0 bridgehead atoms. The zero-order valence-electron chi connectivity index (χ0n) is 12.8. The average Bonchev–Trinajstić information content (AvgIpc) is 2.92. The topological polar surface area (TPSA) is 70.6 Å². The molecule has 6 nitrogen and oxygen atoms in total. The van der Waals surface area contributed by atoms with E-state index in [1.165, 1.54) is 18.5 Å². The van der Waals surface area contributed by atoms with Crippen molar-refractivity contribution in [2.45, 2.75) is 11.4 Å². The molecule has 0 aromatic carbocycles. The van der Waals surface area contributed by atoms with Crippen LogP contribution < -0.4 is 0 Å². The van der Waals surface area contributed by atoms with Crippen molar-refractivity contribution < 1.29 is 26.4 Å². The van der Waals surface area contributed by atoms with E-state index in [9.17, 15) is 26.4 Å². The van der Waals surface area contributed by atoms with Gasteiger partial charge in [-0.2, -0.15) is 13.2 Å². The molecule has 1 saturated heterocycles. The molecule has 2 heterocycles. The van der Waals surface area contributed by atoms with Gasteiger partial charge in [0.25, 0.3) is 5.91 Å². The maximum Gasteiger partial charge on any atom is 0.394 e. The molecule has 1 amide bonds. The Hall–Kier alpha value is -1.39. The first kappa shape index (κ1) is 18.9. The molecule has 2 atom stereocenters. The van der Waals surface area contributed by atoms with Crippen LogP contribution in [0.1, 0.15) is 10.4 Å². The van der Waals surface area contributed by atoms with E-state index in [0.29, 0.717) is 0 Å². The summed E-state index contributed by atoms with van der Waals surface area (Å²) < 4.78 is 64.9. The molecule has 11 heteroatoms. The molecule has 0 N–H and O–H groups in total. The van der Waals surface area contributed by atoms with Crippen LogP contribution in [0.5, 0.6) is 0 Å². The Bertz CT molecular complexity index is 739. The predicted octanol–water partition coefficient (Wildman–Crippen LogP) is 1.63. The zero-order valence-corrected chi connectivity index (χ0v) is 14.4. The molecule has 0 spiro atoms. The van der Waals surface area contributed by atoms with Crippen LogP contribution in [0.3, 0.4) is 0 Å². The van der Waals surface area contributed by atoms with Gasteiger partial charge in [0.15, 0.2) is 0 Å². The van der Waals surface area contributed by atoms with Crippen molar-refractivity contribution in [2.24, 2.45) is 5.92 Å². The quantitative estimate of drug-likeness (QED) is 0.793. The molecule has 0 unspecified atom stereocenters. The zero-order chi connectivity index (χ0) is 18.3. The Kier molecular flexibility index (Phi) is 5.12. The number of rotatable bonds is 3. The van der Waals surface area contributed by atoms with E-state index < -0.39 is 46.4 Å². The summed E-state index contributed by atoms with van der Waals surface area (Å²) in [7, 11) is -1.87. The van der Waals surface area contributed by atoms with Crippen LogP contribution in [0.4, 0.5) is 13.2 Å². The van der Waals surface area contributed by atoms with Gasteiger partial charge in [-0.05, 0) is 6.07 Å². The molecule has 0 aliphatic carbocycles. The van der Waals surface area contributed by atoms with Crippen LogP contribution in [-0.2, 0) is 10.0 Å². The normalized spacial score (nSPS) is 22.2. The Morgan fingerprint density at radius 1 is 1.33 bits per heavy atom. The summed E-state index contributed by atoms with van der Waals surface area (Å²) >= 11 is 5.72. The SMILES string of the molecule is CN(C)S(=O)(=O)[C@@H]1CN(C(=O)c2cncc(Cl)c2)C[C@H]1C(F)(F)F. The maximum atomic E-state index is 13.3. The number of sulfonamides is 1. The van der Waals surface area contributed by atoms with Crippen molar-refractivity contribution in [2.75, 3.05) is 27.2 Å². The van der Waals surface area contributed by atoms with Gasteiger partial charge in [-0.1, -0.05) is 11.6 Å². The fourth-order valence-corrected chi connectivity index (χ4v) is 4.28. The highest BCUT2D eigenvalue weighted by Gasteiger charge is 2.56. The number of alkyl halides is 3. The molecule has 1 aromatic rings. The number of pyridine rings is 1. The van der Waals surface area contributed by atoms with Gasteiger partial charge in [0, 0.05) is 39.6 Å². The second kappa shape index (κ2) is 6.49. The minimum atomic E-state index is -4.74. The lowest BCUT2D eigenvalue weighted by Crippen LogP contribution is -2.43. The van der Waals surface area contributed by atoms with E-state index >= 15 is 0 Å². The van der Waals surface area contributed by atoms with E-state index in [4.69, 9.17) is 11.6 Å². The van der Waals surface area contributed by atoms with Crippen molar-refractivity contribution in [3.05, 3.63) is 29.0 Å². The fraction of sp³-hybridized carbons (Fsp3) is 0.538. The largest absolute Gasteiger partial charge is 0.394 e. The number of nitrogens with zero attached hydrogens (tertiary/aromatic N) is 3. The van der Waals surface area contributed by atoms with Crippen LogP contribution >= 0.6 is 11.6 Å². The second-order valence-electron chi connectivity index (χ2n) is 5.62. The Morgan fingerprint density at radius 2 is 1.96 bits per heavy atom. The van der Waals surface area contributed by atoms with Gasteiger partial charge in [0.2, 0.25) is 10.0 Å². The number of hydrogen-bond donors (Lipinski definition) is 0. The highest BCUT2D eigenvalue weighted by atomic mass is 35.5. The van der Waals surface area contributed by atoms with E-state index in [0.717, 1.165) is 23.3 Å². The minimum Gasteiger partial charge on any atom is -0.337 e. The lowest BCUT2D eigenvalue weighted by atomic mass is 10.1. The molecule has 2 rings (SSSR count). The standard InChI is InChI=1S/C13H15ClF3N3O3S/c1-19(2)24(22,23)11-7-20(6-10(11)13(15,16)17)12(21)8-3-9(14)5-18-4-8/h3-5,10-11H,6-7H2,1-2H3/t10-,11-/m1/s1. The van der Waals surface area contributed by atoms with E-state index in [1.54, 1.807) is 0 Å². The van der Waals surface area contributed by atoms with Crippen molar-refractivity contribution in [1.82, 2.24) is 14.2 Å². The molecule has 1 fully saturated rings. The van der Waals surface area contributed by atoms with Crippen molar-refractivity contribution in [3.8, 4) is 0 Å². The number of aromatic nitrogens is 1. The molecule has 1 aliphatic rings. The number of halogens is 4. The molecular formula is C13H15ClF3N3O3S. The van der Waals surface area contributed by atoms with E-state index in [2.05, 4.69) is 4.98 Å². The molecule has 24 heavy (non-hydrogen) atoms. The smallest absolute Gasteiger partial charge is 0.337 e. The van der Waals surface area contributed by atoms with Gasteiger partial charge in [0.05, 0.1) is 16.5 Å². The van der Waals surface area contributed by atoms with Crippen LogP contribution in [0.25, 0.3) is 0 Å². The Balaban J connectivity index is 2.34. The number of likely N-dealkylation sites (tertiary alicyclic amines) is 1. The molecule has 0 saturated carbocycles. The highest BCUT2D eigenvalue weighted by molar-refractivity contribution is 7.89. The lowest BCUT2D eigenvalue weighted by molar-refractivity contribution is -0.169. The summed E-state index contributed by atoms with van der Waals surface area (Å²) in [5, 5.41) is -1.59. The fourth-order valence-electron chi connectivity index (χ4n) is 2.54. The number of hydrogen-bond acceptors (Lipinski definition) is 4. The number of amides is 1. The van der Waals surface area contributed by atoms with Gasteiger partial charge in [-0.25, -0.2) is 12.7 Å². The third kappa shape index (κ3) is 3.65. The van der Waals surface area contributed by atoms with Gasteiger partial charge < -0.3 is 4.90 Å². The average molecular weight is 386 g/mol. The molecule has 0 radical (unpaired) electrons. The highest BCUT2D eigenvalue weighted by Crippen LogP contribution is 2.38. The summed E-state index contributed by atoms with van der Waals surface area (Å²) in [5.74, 6) is -2.89. The second-order valence-corrected chi connectivity index (χ2v) is 8.42. The third-order valence-corrected chi connectivity index (χ3v) is 6.28. The maximum absolute atomic E-state index is 13.3. The van der Waals surface area contributed by atoms with E-state index in [-0.39, 0.29) is 10.6 Å². The summed E-state index contributed by atoms with van der Waals surface area (Å²) in [6.45, 7) is -1.28. The van der Waals surface area contributed by atoms with E-state index in [1.807, 2.05) is 0 Å². The van der Waals surface area contributed by atoms with Gasteiger partial charge >= 0.3 is 6.18 Å². The summed E-state index contributed by atoms with van der Waals surface area (Å²) in [6.07, 6.45) is -2.29. The summed E-state index contributed by atoms with van der Waals surface area (Å²) in [4.78, 5) is 17.0. The Labute approximate surface area is 142 Å². The molecule has 1 aliphatic heterocycles. The first-order valence-corrected chi connectivity index (χ1v) is 8.70. The summed E-state index contributed by atoms with van der Waals surface area (Å²) in [6, 6.07) is 1.27. The minimum absolute atomic E-state index is 0.00586. The number of carbonyl (C=O) groups excluding carboxylic acids is 1. The van der Waals surface area contributed by atoms with Crippen LogP contribution in [0.15, 0.2) is 18.5 Å². The Morgan fingerprint density at radius 3 is 2.46 bits per heavy atom. The van der Waals surface area contributed by atoms with Crippen LogP contribution in [-0.4, -0.2) is 67.1 Å². The van der Waals surface area contributed by atoms with Gasteiger partial charge in [-0.15, -0.1) is 0 Å². The van der Waals surface area contributed by atoms with Crippen LogP contribution in [0.2, 0.25) is 5.02 Å². The number of carbonyl (C=O) groups is 1. The van der Waals surface area contributed by atoms with Crippen molar-refractivity contribution >= 4 is 27.5 Å². The monoisotopic (exact) mass is 385 g/mol. The first-order chi connectivity index (χ1) is 10.9. The van der Waals surface area contributed by atoms with Gasteiger partial charge in [-0.3, -0.25) is 9.78 Å². The van der Waals surface area contributed by atoms with Crippen LogP contribution in [0, 0.1) is 5.92 Å². The van der Waals surface area contributed by atoms with Crippen molar-refractivity contribution in [3.63, 3.8) is 0 Å². The third-order valence-electron chi connectivity index (χ3n) is 3.82.